The van der Waals surface area contributed by atoms with E-state index >= 15 is 0 Å². The minimum Gasteiger partial charge on any atom is -0.353 e. The quantitative estimate of drug-likeness (QED) is 0.747. The van der Waals surface area contributed by atoms with E-state index in [1.165, 1.54) is 0 Å². The number of nitrogens with two attached hydrogens (primary N) is 2. The molecule has 1 aromatic rings. The molecule has 104 valence electrons. The van der Waals surface area contributed by atoms with Crippen LogP contribution in [0.1, 0.15) is 37.3 Å². The fraction of sp³-hybridized carbons (Fsp3) is 0.533. The third kappa shape index (κ3) is 3.78. The Labute approximate surface area is 114 Å². The molecule has 1 amide bonds. The van der Waals surface area contributed by atoms with Gasteiger partial charge in [0.25, 0.3) is 0 Å². The molecule has 2 rings (SSSR count). The summed E-state index contributed by atoms with van der Waals surface area (Å²) >= 11 is 0. The van der Waals surface area contributed by atoms with Crippen LogP contribution in [0.25, 0.3) is 0 Å². The van der Waals surface area contributed by atoms with E-state index in [0.717, 1.165) is 24.8 Å². The zero-order valence-electron chi connectivity index (χ0n) is 11.2. The second kappa shape index (κ2) is 6.68. The Hall–Kier alpha value is -1.39. The monoisotopic (exact) mass is 261 g/mol. The normalized spacial score (nSPS) is 24.1. The Morgan fingerprint density at radius 2 is 2.05 bits per heavy atom. The van der Waals surface area contributed by atoms with Crippen molar-refractivity contribution < 1.29 is 4.79 Å². The van der Waals surface area contributed by atoms with Gasteiger partial charge >= 0.3 is 0 Å². The minimum absolute atomic E-state index is 0.0294. The maximum absolute atomic E-state index is 12.0. The van der Waals surface area contributed by atoms with E-state index in [-0.39, 0.29) is 18.0 Å². The first-order valence-corrected chi connectivity index (χ1v) is 7.00. The lowest BCUT2D eigenvalue weighted by Gasteiger charge is -2.20. The molecule has 4 nitrogen and oxygen atoms in total. The Morgan fingerprint density at radius 3 is 2.74 bits per heavy atom. The number of rotatable bonds is 5. The van der Waals surface area contributed by atoms with Gasteiger partial charge in [0, 0.05) is 18.5 Å². The summed E-state index contributed by atoms with van der Waals surface area (Å²) in [5.74, 6) is 0.457. The lowest BCUT2D eigenvalue weighted by molar-refractivity contribution is -0.122. The van der Waals surface area contributed by atoms with E-state index in [1.807, 2.05) is 30.3 Å². The van der Waals surface area contributed by atoms with Crippen LogP contribution >= 0.6 is 0 Å². The van der Waals surface area contributed by atoms with Crippen molar-refractivity contribution in [3.63, 3.8) is 0 Å². The number of carbonyl (C=O) groups is 1. The number of benzene rings is 1. The molecule has 3 unspecified atom stereocenters. The van der Waals surface area contributed by atoms with Crippen molar-refractivity contribution in [1.82, 2.24) is 5.32 Å². The first-order valence-electron chi connectivity index (χ1n) is 7.00. The Kier molecular flexibility index (Phi) is 4.93. The molecule has 0 saturated heterocycles. The van der Waals surface area contributed by atoms with Crippen LogP contribution in [0.15, 0.2) is 30.3 Å². The summed E-state index contributed by atoms with van der Waals surface area (Å²) in [6.45, 7) is 0.648. The molecule has 1 aliphatic carbocycles. The van der Waals surface area contributed by atoms with Gasteiger partial charge in [-0.1, -0.05) is 36.8 Å². The molecule has 0 radical (unpaired) electrons. The zero-order chi connectivity index (χ0) is 13.7. The van der Waals surface area contributed by atoms with Gasteiger partial charge in [-0.3, -0.25) is 4.79 Å². The third-order valence-corrected chi connectivity index (χ3v) is 3.94. The van der Waals surface area contributed by atoms with E-state index in [0.29, 0.717) is 18.9 Å². The summed E-state index contributed by atoms with van der Waals surface area (Å²) in [6, 6.07) is 9.73. The lowest BCUT2D eigenvalue weighted by Crippen LogP contribution is -2.40. The molecular weight excluding hydrogens is 238 g/mol. The smallest absolute Gasteiger partial charge is 0.222 e. The molecule has 1 fully saturated rings. The van der Waals surface area contributed by atoms with Crippen molar-refractivity contribution in [2.75, 3.05) is 6.54 Å². The largest absolute Gasteiger partial charge is 0.353 e. The number of nitrogens with one attached hydrogen (secondary N) is 1. The molecule has 3 atom stereocenters. The average molecular weight is 261 g/mol. The van der Waals surface area contributed by atoms with Crippen molar-refractivity contribution >= 4 is 5.91 Å². The first kappa shape index (κ1) is 14.0. The van der Waals surface area contributed by atoms with Gasteiger partial charge in [0.1, 0.15) is 0 Å². The van der Waals surface area contributed by atoms with Crippen LogP contribution in [0.4, 0.5) is 0 Å². The zero-order valence-corrected chi connectivity index (χ0v) is 11.2. The molecule has 0 spiro atoms. The van der Waals surface area contributed by atoms with E-state index in [2.05, 4.69) is 5.32 Å². The number of hydrogen-bond acceptors (Lipinski definition) is 3. The van der Waals surface area contributed by atoms with Crippen molar-refractivity contribution in [2.45, 2.75) is 37.8 Å². The number of carbonyl (C=O) groups excluding carboxylic acids is 1. The fourth-order valence-electron chi connectivity index (χ4n) is 2.79. The van der Waals surface area contributed by atoms with Crippen molar-refractivity contribution in [1.29, 1.82) is 0 Å². The van der Waals surface area contributed by atoms with Crippen LogP contribution in [0, 0.1) is 5.92 Å². The third-order valence-electron chi connectivity index (χ3n) is 3.94. The van der Waals surface area contributed by atoms with Crippen LogP contribution in [0.3, 0.4) is 0 Å². The van der Waals surface area contributed by atoms with Gasteiger partial charge in [-0.2, -0.15) is 0 Å². The summed E-state index contributed by atoms with van der Waals surface area (Å²) in [7, 11) is 0. The van der Waals surface area contributed by atoms with E-state index < -0.39 is 0 Å². The molecule has 0 bridgehead atoms. The topological polar surface area (TPSA) is 81.1 Å². The molecule has 0 heterocycles. The second-order valence-electron chi connectivity index (χ2n) is 5.32. The maximum Gasteiger partial charge on any atom is 0.222 e. The Bertz CT molecular complexity index is 407. The molecule has 0 aromatic heterocycles. The van der Waals surface area contributed by atoms with E-state index in [9.17, 15) is 4.79 Å². The molecule has 0 aliphatic heterocycles. The molecule has 1 aliphatic rings. The van der Waals surface area contributed by atoms with Gasteiger partial charge in [-0.25, -0.2) is 0 Å². The lowest BCUT2D eigenvalue weighted by atomic mass is 10.0. The highest BCUT2D eigenvalue weighted by Gasteiger charge is 2.27. The summed E-state index contributed by atoms with van der Waals surface area (Å²) in [5.41, 5.74) is 12.8. The average Bonchev–Trinajstić information content (AvgIpc) is 2.86. The standard InChI is InChI=1S/C15H23N3O/c16-10-12-7-4-8-14(12)18-15(19)9-13(17)11-5-2-1-3-6-11/h1-3,5-6,12-14H,4,7-10,16-17H2,(H,18,19). The Morgan fingerprint density at radius 1 is 1.32 bits per heavy atom. The van der Waals surface area contributed by atoms with Crippen LogP contribution in [-0.4, -0.2) is 18.5 Å². The summed E-state index contributed by atoms with van der Waals surface area (Å²) < 4.78 is 0. The highest BCUT2D eigenvalue weighted by molar-refractivity contribution is 5.77. The van der Waals surface area contributed by atoms with Gasteiger partial charge in [-0.15, -0.1) is 0 Å². The highest BCUT2D eigenvalue weighted by Crippen LogP contribution is 2.25. The predicted octanol–water partition coefficient (Wildman–Crippen LogP) is 1.32. The molecule has 1 aromatic carbocycles. The van der Waals surface area contributed by atoms with E-state index in [4.69, 9.17) is 11.5 Å². The SMILES string of the molecule is NCC1CCCC1NC(=O)CC(N)c1ccccc1. The van der Waals surface area contributed by atoms with Gasteiger partial charge in [0.15, 0.2) is 0 Å². The summed E-state index contributed by atoms with van der Waals surface area (Å²) in [4.78, 5) is 12.0. The van der Waals surface area contributed by atoms with Crippen molar-refractivity contribution in [3.05, 3.63) is 35.9 Å². The molecule has 19 heavy (non-hydrogen) atoms. The van der Waals surface area contributed by atoms with E-state index in [1.54, 1.807) is 0 Å². The summed E-state index contributed by atoms with van der Waals surface area (Å²) in [5, 5.41) is 3.08. The van der Waals surface area contributed by atoms with Crippen LogP contribution in [0.5, 0.6) is 0 Å². The molecular formula is C15H23N3O. The van der Waals surface area contributed by atoms with Gasteiger partial charge in [0.2, 0.25) is 5.91 Å². The van der Waals surface area contributed by atoms with Crippen molar-refractivity contribution in [3.8, 4) is 0 Å². The maximum atomic E-state index is 12.0. The Balaban J connectivity index is 1.84. The van der Waals surface area contributed by atoms with Crippen molar-refractivity contribution in [2.24, 2.45) is 17.4 Å². The number of hydrogen-bond donors (Lipinski definition) is 3. The summed E-state index contributed by atoms with van der Waals surface area (Å²) in [6.07, 6.45) is 3.63. The highest BCUT2D eigenvalue weighted by atomic mass is 16.1. The molecule has 5 N–H and O–H groups in total. The second-order valence-corrected chi connectivity index (χ2v) is 5.32. The minimum atomic E-state index is -0.237. The van der Waals surface area contributed by atoms with Gasteiger partial charge in [0.05, 0.1) is 0 Å². The van der Waals surface area contributed by atoms with Crippen LogP contribution < -0.4 is 16.8 Å². The van der Waals surface area contributed by atoms with Crippen LogP contribution in [0.2, 0.25) is 0 Å². The predicted molar refractivity (Wildman–Crippen MR) is 76.3 cm³/mol. The number of amides is 1. The fourth-order valence-corrected chi connectivity index (χ4v) is 2.79. The molecule has 4 heteroatoms. The van der Waals surface area contributed by atoms with Gasteiger partial charge < -0.3 is 16.8 Å². The first-order chi connectivity index (χ1) is 9.20. The molecule has 1 saturated carbocycles. The van der Waals surface area contributed by atoms with Crippen LogP contribution in [-0.2, 0) is 4.79 Å². The van der Waals surface area contributed by atoms with Gasteiger partial charge in [-0.05, 0) is 30.9 Å².